The molecule has 130 valence electrons. The van der Waals surface area contributed by atoms with Gasteiger partial charge in [0.1, 0.15) is 0 Å². The van der Waals surface area contributed by atoms with E-state index < -0.39 is 22.8 Å². The maximum absolute atomic E-state index is 12.7. The van der Waals surface area contributed by atoms with Gasteiger partial charge in [-0.15, -0.1) is 0 Å². The van der Waals surface area contributed by atoms with Gasteiger partial charge >= 0.3 is 0 Å². The third-order valence-electron chi connectivity index (χ3n) is 4.14. The molecule has 9 heteroatoms. The number of imide groups is 1. The molecule has 0 aliphatic carbocycles. The summed E-state index contributed by atoms with van der Waals surface area (Å²) in [6.07, 6.45) is 0.213. The lowest BCUT2D eigenvalue weighted by molar-refractivity contribution is -0.384. The largest absolute Gasteiger partial charge is 0.399 e. The summed E-state index contributed by atoms with van der Waals surface area (Å²) in [4.78, 5) is 37.0. The number of nitrogens with zero attached hydrogens (tertiary/aromatic N) is 2. The van der Waals surface area contributed by atoms with Gasteiger partial charge in [0, 0.05) is 42.4 Å². The van der Waals surface area contributed by atoms with Crippen LogP contribution in [0.5, 0.6) is 0 Å². The van der Waals surface area contributed by atoms with Crippen molar-refractivity contribution in [3.8, 4) is 0 Å². The van der Waals surface area contributed by atoms with Gasteiger partial charge < -0.3 is 16.6 Å². The summed E-state index contributed by atoms with van der Waals surface area (Å²) in [5.41, 5.74) is 11.9. The van der Waals surface area contributed by atoms with E-state index in [4.69, 9.17) is 16.6 Å². The van der Waals surface area contributed by atoms with Gasteiger partial charge in [-0.05, 0) is 23.9 Å². The minimum absolute atomic E-state index is 0.0648. The zero-order valence-electron chi connectivity index (χ0n) is 13.1. The van der Waals surface area contributed by atoms with E-state index in [2.05, 4.69) is 0 Å². The molecule has 0 bridgehead atoms. The Kier molecular flexibility index (Phi) is 4.11. The normalized spacial score (nSPS) is 14.9. The van der Waals surface area contributed by atoms with Gasteiger partial charge in [-0.1, -0.05) is 0 Å². The number of nitrogens with two attached hydrogens (primary N) is 2. The lowest BCUT2D eigenvalue weighted by Gasteiger charge is -2.29. The third-order valence-corrected chi connectivity index (χ3v) is 4.14. The first-order chi connectivity index (χ1) is 11.8. The van der Waals surface area contributed by atoms with Crippen LogP contribution in [0.4, 0.5) is 11.4 Å². The molecule has 3 rings (SSSR count). The quantitative estimate of drug-likeness (QED) is 0.311. The van der Waals surface area contributed by atoms with E-state index in [9.17, 15) is 19.7 Å². The summed E-state index contributed by atoms with van der Waals surface area (Å²) in [5.74, 6) is -1.21. The molecule has 1 aliphatic rings. The van der Waals surface area contributed by atoms with E-state index in [1.807, 2.05) is 0 Å². The first kappa shape index (κ1) is 16.8. The Morgan fingerprint density at radius 1 is 1.16 bits per heavy atom. The molecule has 2 aromatic carbocycles. The van der Waals surface area contributed by atoms with Crippen molar-refractivity contribution in [3.05, 3.63) is 45.5 Å². The van der Waals surface area contributed by atoms with Gasteiger partial charge in [-0.2, -0.15) is 0 Å². The van der Waals surface area contributed by atoms with Crippen molar-refractivity contribution in [2.24, 2.45) is 5.73 Å². The molecule has 0 aromatic heterocycles. The molecular weight excluding hydrogens is 328 g/mol. The number of nitro groups is 1. The number of amides is 2. The summed E-state index contributed by atoms with van der Waals surface area (Å²) >= 11 is 0. The molecule has 0 spiro atoms. The minimum Gasteiger partial charge on any atom is -0.399 e. The van der Waals surface area contributed by atoms with Crippen LogP contribution in [0.2, 0.25) is 0 Å². The van der Waals surface area contributed by atoms with Gasteiger partial charge in [0.25, 0.3) is 17.5 Å². The predicted octanol–water partition coefficient (Wildman–Crippen LogP) is 0.636. The Hall–Kier alpha value is -3.04. The second-order valence-electron chi connectivity index (χ2n) is 5.91. The average Bonchev–Trinajstić information content (AvgIpc) is 2.55. The van der Waals surface area contributed by atoms with Crippen LogP contribution in [0.3, 0.4) is 0 Å². The zero-order valence-corrected chi connectivity index (χ0v) is 13.1. The molecular formula is C16H16N4O5. The number of hydrogen-bond acceptors (Lipinski definition) is 7. The number of benzene rings is 2. The standard InChI is InChI=1S/C16H16N4O5/c17-9(1-2-21)7-19-15(22)12-5-10(18)3-8-4-11(20(24)25)6-13(14(8)12)16(19)23/h3-6,9,21H,1-2,7,17-18H2. The van der Waals surface area contributed by atoms with Crippen molar-refractivity contribution in [1.29, 1.82) is 0 Å². The SMILES string of the molecule is Nc1cc2c3c(cc([N+](=O)[O-])cc3c1)C(=O)N(CC(N)CCO)C2=O. The number of aliphatic hydroxyl groups excluding tert-OH is 1. The molecule has 0 saturated carbocycles. The molecule has 0 radical (unpaired) electrons. The molecule has 1 unspecified atom stereocenters. The van der Waals surface area contributed by atoms with Crippen LogP contribution in [-0.4, -0.2) is 45.9 Å². The second kappa shape index (κ2) is 6.11. The van der Waals surface area contributed by atoms with E-state index >= 15 is 0 Å². The first-order valence-electron chi connectivity index (χ1n) is 7.57. The van der Waals surface area contributed by atoms with Gasteiger partial charge in [-0.3, -0.25) is 24.6 Å². The number of non-ortho nitro benzene ring substituents is 1. The monoisotopic (exact) mass is 344 g/mol. The van der Waals surface area contributed by atoms with E-state index in [1.165, 1.54) is 18.2 Å². The Morgan fingerprint density at radius 3 is 2.40 bits per heavy atom. The molecule has 1 atom stereocenters. The molecule has 2 aromatic rings. The number of nitro benzene ring substituents is 1. The fraction of sp³-hybridized carbons (Fsp3) is 0.250. The molecule has 25 heavy (non-hydrogen) atoms. The smallest absolute Gasteiger partial charge is 0.270 e. The number of nitrogen functional groups attached to an aromatic ring is 1. The maximum atomic E-state index is 12.7. The number of rotatable bonds is 5. The highest BCUT2D eigenvalue weighted by atomic mass is 16.6. The minimum atomic E-state index is -0.649. The molecule has 1 aliphatic heterocycles. The Labute approximate surface area is 142 Å². The zero-order chi connectivity index (χ0) is 18.3. The predicted molar refractivity (Wildman–Crippen MR) is 90.1 cm³/mol. The summed E-state index contributed by atoms with van der Waals surface area (Å²) < 4.78 is 0. The van der Waals surface area contributed by atoms with Crippen molar-refractivity contribution in [1.82, 2.24) is 4.90 Å². The van der Waals surface area contributed by atoms with Crippen LogP contribution < -0.4 is 11.5 Å². The van der Waals surface area contributed by atoms with E-state index in [0.29, 0.717) is 10.8 Å². The summed E-state index contributed by atoms with van der Waals surface area (Å²) in [6.45, 7) is -0.279. The number of aliphatic hydroxyl groups is 1. The van der Waals surface area contributed by atoms with Crippen molar-refractivity contribution in [2.45, 2.75) is 12.5 Å². The van der Waals surface area contributed by atoms with Gasteiger partial charge in [-0.25, -0.2) is 0 Å². The Balaban J connectivity index is 2.20. The lowest BCUT2D eigenvalue weighted by atomic mass is 9.92. The highest BCUT2D eigenvalue weighted by Crippen LogP contribution is 2.35. The topological polar surface area (TPSA) is 153 Å². The van der Waals surface area contributed by atoms with Crippen LogP contribution in [0.15, 0.2) is 24.3 Å². The first-order valence-corrected chi connectivity index (χ1v) is 7.57. The van der Waals surface area contributed by atoms with E-state index in [0.717, 1.165) is 11.0 Å². The fourth-order valence-corrected chi connectivity index (χ4v) is 3.01. The number of carbonyl (C=O) groups is 2. The molecule has 0 saturated heterocycles. The third kappa shape index (κ3) is 2.79. The maximum Gasteiger partial charge on any atom is 0.270 e. The number of carbonyl (C=O) groups excluding carboxylic acids is 2. The Bertz CT molecular complexity index is 911. The van der Waals surface area contributed by atoms with Crippen LogP contribution >= 0.6 is 0 Å². The molecule has 2 amide bonds. The number of anilines is 1. The van der Waals surface area contributed by atoms with E-state index in [1.54, 1.807) is 0 Å². The van der Waals surface area contributed by atoms with Crippen LogP contribution in [0.1, 0.15) is 27.1 Å². The molecule has 9 nitrogen and oxygen atoms in total. The van der Waals surface area contributed by atoms with Crippen molar-refractivity contribution in [3.63, 3.8) is 0 Å². The summed E-state index contributed by atoms with van der Waals surface area (Å²) in [7, 11) is 0. The second-order valence-corrected chi connectivity index (χ2v) is 5.91. The Morgan fingerprint density at radius 2 is 1.80 bits per heavy atom. The van der Waals surface area contributed by atoms with Gasteiger partial charge in [0.15, 0.2) is 0 Å². The number of hydrogen-bond donors (Lipinski definition) is 3. The van der Waals surface area contributed by atoms with Crippen LogP contribution in [-0.2, 0) is 0 Å². The van der Waals surface area contributed by atoms with Gasteiger partial charge in [0.2, 0.25) is 0 Å². The van der Waals surface area contributed by atoms with Crippen LogP contribution in [0, 0.1) is 10.1 Å². The van der Waals surface area contributed by atoms with Gasteiger partial charge in [0.05, 0.1) is 16.1 Å². The van der Waals surface area contributed by atoms with Crippen LogP contribution in [0.25, 0.3) is 10.8 Å². The highest BCUT2D eigenvalue weighted by molar-refractivity contribution is 6.26. The molecule has 0 fully saturated rings. The average molecular weight is 344 g/mol. The highest BCUT2D eigenvalue weighted by Gasteiger charge is 2.35. The van der Waals surface area contributed by atoms with Crippen molar-refractivity contribution < 1.29 is 19.6 Å². The molecule has 5 N–H and O–H groups in total. The summed E-state index contributed by atoms with van der Waals surface area (Å²) in [6, 6.07) is 4.77. The van der Waals surface area contributed by atoms with Crippen molar-refractivity contribution in [2.75, 3.05) is 18.9 Å². The van der Waals surface area contributed by atoms with Crippen molar-refractivity contribution >= 4 is 34.0 Å². The molecule has 1 heterocycles. The van der Waals surface area contributed by atoms with E-state index in [-0.39, 0.29) is 42.1 Å². The fourth-order valence-electron chi connectivity index (χ4n) is 3.01. The lowest BCUT2D eigenvalue weighted by Crippen LogP contribution is -2.47. The summed E-state index contributed by atoms with van der Waals surface area (Å²) in [5, 5.41) is 20.8.